The van der Waals surface area contributed by atoms with Crippen molar-refractivity contribution in [3.8, 4) is 0 Å². The van der Waals surface area contributed by atoms with Gasteiger partial charge in [0.15, 0.2) is 6.10 Å². The van der Waals surface area contributed by atoms with E-state index in [0.717, 1.165) is 15.4 Å². The lowest BCUT2D eigenvalue weighted by atomic mass is 9.99. The Hall–Kier alpha value is -0.950. The summed E-state index contributed by atoms with van der Waals surface area (Å²) in [6.45, 7) is 0. The fraction of sp³-hybridized carbons (Fsp3) is 0.273. The number of aliphatic hydroxyl groups excluding tert-OH is 1. The molecule has 1 unspecified atom stereocenters. The third-order valence-electron chi connectivity index (χ3n) is 2.20. The van der Waals surface area contributed by atoms with E-state index in [9.17, 15) is 14.7 Å². The van der Waals surface area contributed by atoms with Gasteiger partial charge in [0.05, 0.1) is 0 Å². The van der Waals surface area contributed by atoms with E-state index < -0.39 is 12.1 Å². The van der Waals surface area contributed by atoms with Crippen molar-refractivity contribution >= 4 is 34.8 Å². The third kappa shape index (κ3) is 3.02. The first kappa shape index (κ1) is 13.1. The molecule has 5 heteroatoms. The van der Waals surface area contributed by atoms with Gasteiger partial charge >= 0.3 is 5.97 Å². The minimum absolute atomic E-state index is 0.319. The maximum Gasteiger partial charge on any atom is 0.337 e. The van der Waals surface area contributed by atoms with E-state index in [0.29, 0.717) is 18.4 Å². The molecule has 0 saturated carbocycles. The monoisotopic (exact) mass is 334 g/mol. The quantitative estimate of drug-likeness (QED) is 0.633. The lowest BCUT2D eigenvalue weighted by Gasteiger charge is -2.13. The van der Waals surface area contributed by atoms with Crippen molar-refractivity contribution in [3.63, 3.8) is 0 Å². The van der Waals surface area contributed by atoms with Crippen LogP contribution in [-0.4, -0.2) is 22.5 Å². The predicted octanol–water partition coefficient (Wildman–Crippen LogP) is 1.54. The molecular formula is C11H11IO4. The molecule has 0 spiro atoms. The van der Waals surface area contributed by atoms with Crippen molar-refractivity contribution in [3.05, 3.63) is 32.9 Å². The van der Waals surface area contributed by atoms with Crippen LogP contribution in [-0.2, 0) is 16.0 Å². The fourth-order valence-electron chi connectivity index (χ4n) is 1.43. The number of carboxylic acids is 1. The first-order valence-corrected chi connectivity index (χ1v) is 5.77. The summed E-state index contributed by atoms with van der Waals surface area (Å²) in [6, 6.07) is 5.08. The van der Waals surface area contributed by atoms with Gasteiger partial charge in [0, 0.05) is 9.99 Å². The molecule has 2 N–H and O–H groups in total. The van der Waals surface area contributed by atoms with Crippen molar-refractivity contribution in [2.45, 2.75) is 18.9 Å². The van der Waals surface area contributed by atoms with Crippen molar-refractivity contribution in [2.75, 3.05) is 0 Å². The molecule has 0 amide bonds. The number of aliphatic hydroxyl groups is 1. The van der Waals surface area contributed by atoms with Crippen LogP contribution in [0.1, 0.15) is 23.7 Å². The molecule has 4 nitrogen and oxygen atoms in total. The summed E-state index contributed by atoms with van der Waals surface area (Å²) in [4.78, 5) is 21.0. The molecule has 0 saturated heterocycles. The molecule has 0 aliphatic heterocycles. The van der Waals surface area contributed by atoms with E-state index >= 15 is 0 Å². The van der Waals surface area contributed by atoms with E-state index in [2.05, 4.69) is 22.6 Å². The van der Waals surface area contributed by atoms with Gasteiger partial charge in [0.1, 0.15) is 6.29 Å². The standard InChI is InChI=1S/C11H11IO4/c12-9-5-1-3-8(10(14)11(15)16)7(9)4-2-6-13/h1,3,5-6,10,14H,2,4H2,(H,15,16). The molecule has 1 atom stereocenters. The number of rotatable bonds is 5. The minimum Gasteiger partial charge on any atom is -0.479 e. The molecular weight excluding hydrogens is 323 g/mol. The second kappa shape index (κ2) is 5.95. The first-order chi connectivity index (χ1) is 7.57. The number of aliphatic carboxylic acids is 1. The van der Waals surface area contributed by atoms with E-state index in [1.54, 1.807) is 12.1 Å². The summed E-state index contributed by atoms with van der Waals surface area (Å²) < 4.78 is 0.859. The Bertz CT molecular complexity index is 403. The van der Waals surface area contributed by atoms with Crippen LogP contribution >= 0.6 is 22.6 Å². The van der Waals surface area contributed by atoms with Gasteiger partial charge in [-0.25, -0.2) is 4.79 Å². The molecule has 0 aromatic heterocycles. The zero-order valence-corrected chi connectivity index (χ0v) is 10.5. The molecule has 0 fully saturated rings. The van der Waals surface area contributed by atoms with Crippen molar-refractivity contribution in [1.29, 1.82) is 0 Å². The van der Waals surface area contributed by atoms with E-state index in [1.165, 1.54) is 0 Å². The van der Waals surface area contributed by atoms with Crippen molar-refractivity contribution < 1.29 is 19.8 Å². The van der Waals surface area contributed by atoms with Crippen LogP contribution in [0.15, 0.2) is 18.2 Å². The molecule has 0 heterocycles. The van der Waals surface area contributed by atoms with E-state index in [4.69, 9.17) is 5.11 Å². The number of carboxylic acid groups (broad SMARTS) is 1. The Morgan fingerprint density at radius 1 is 1.50 bits per heavy atom. The Morgan fingerprint density at radius 3 is 2.75 bits per heavy atom. The Labute approximate surface area is 106 Å². The lowest BCUT2D eigenvalue weighted by molar-refractivity contribution is -0.147. The largest absolute Gasteiger partial charge is 0.479 e. The Balaban J connectivity index is 3.11. The predicted molar refractivity (Wildman–Crippen MR) is 66.1 cm³/mol. The molecule has 1 aromatic rings. The summed E-state index contributed by atoms with van der Waals surface area (Å²) in [6.07, 6.45) is 0.0122. The molecule has 0 aliphatic rings. The SMILES string of the molecule is O=CCCc1c(I)cccc1C(O)C(=O)O. The minimum atomic E-state index is -1.53. The average molecular weight is 334 g/mol. The van der Waals surface area contributed by atoms with Gasteiger partial charge < -0.3 is 15.0 Å². The molecule has 1 rings (SSSR count). The smallest absolute Gasteiger partial charge is 0.337 e. The summed E-state index contributed by atoms with van der Waals surface area (Å²) in [5, 5.41) is 18.3. The molecule has 0 aliphatic carbocycles. The second-order valence-electron chi connectivity index (χ2n) is 3.25. The van der Waals surface area contributed by atoms with Crippen LogP contribution in [0, 0.1) is 3.57 Å². The van der Waals surface area contributed by atoms with Crippen LogP contribution in [0.25, 0.3) is 0 Å². The summed E-state index contributed by atoms with van der Waals surface area (Å²) in [7, 11) is 0. The third-order valence-corrected chi connectivity index (χ3v) is 3.21. The van der Waals surface area contributed by atoms with Gasteiger partial charge in [-0.3, -0.25) is 0 Å². The zero-order chi connectivity index (χ0) is 12.1. The number of hydrogen-bond donors (Lipinski definition) is 2. The maximum atomic E-state index is 10.7. The van der Waals surface area contributed by atoms with Crippen LogP contribution < -0.4 is 0 Å². The first-order valence-electron chi connectivity index (χ1n) is 4.69. The normalized spacial score (nSPS) is 12.1. The highest BCUT2D eigenvalue weighted by Gasteiger charge is 2.20. The summed E-state index contributed by atoms with van der Waals surface area (Å²) in [5.41, 5.74) is 1.09. The fourth-order valence-corrected chi connectivity index (χ4v) is 2.22. The number of aldehydes is 1. The van der Waals surface area contributed by atoms with E-state index in [1.807, 2.05) is 6.07 Å². The van der Waals surface area contributed by atoms with Gasteiger partial charge in [0.2, 0.25) is 0 Å². The van der Waals surface area contributed by atoms with Crippen LogP contribution in [0.5, 0.6) is 0 Å². The van der Waals surface area contributed by atoms with Crippen molar-refractivity contribution in [2.24, 2.45) is 0 Å². The molecule has 0 bridgehead atoms. The van der Waals surface area contributed by atoms with Gasteiger partial charge in [-0.05, 0) is 46.2 Å². The van der Waals surface area contributed by atoms with Crippen molar-refractivity contribution in [1.82, 2.24) is 0 Å². The average Bonchev–Trinajstić information content (AvgIpc) is 2.26. The van der Waals surface area contributed by atoms with Gasteiger partial charge in [-0.2, -0.15) is 0 Å². The number of hydrogen-bond acceptors (Lipinski definition) is 3. The lowest BCUT2D eigenvalue weighted by Crippen LogP contribution is -2.13. The Morgan fingerprint density at radius 2 is 2.19 bits per heavy atom. The number of halogens is 1. The number of benzene rings is 1. The van der Waals surface area contributed by atoms with Crippen LogP contribution in [0.3, 0.4) is 0 Å². The zero-order valence-electron chi connectivity index (χ0n) is 8.39. The van der Waals surface area contributed by atoms with Gasteiger partial charge in [-0.1, -0.05) is 12.1 Å². The topological polar surface area (TPSA) is 74.6 Å². The maximum absolute atomic E-state index is 10.7. The van der Waals surface area contributed by atoms with E-state index in [-0.39, 0.29) is 0 Å². The summed E-state index contributed by atoms with van der Waals surface area (Å²) in [5.74, 6) is -1.28. The highest BCUT2D eigenvalue weighted by Crippen LogP contribution is 2.24. The van der Waals surface area contributed by atoms with Crippen LogP contribution in [0.4, 0.5) is 0 Å². The molecule has 1 aromatic carbocycles. The Kier molecular flexibility index (Phi) is 4.88. The molecule has 16 heavy (non-hydrogen) atoms. The molecule has 0 radical (unpaired) electrons. The number of carbonyl (C=O) groups is 2. The highest BCUT2D eigenvalue weighted by molar-refractivity contribution is 14.1. The highest BCUT2D eigenvalue weighted by atomic mass is 127. The molecule has 86 valence electrons. The van der Waals surface area contributed by atoms with Crippen LogP contribution in [0.2, 0.25) is 0 Å². The second-order valence-corrected chi connectivity index (χ2v) is 4.42. The number of carbonyl (C=O) groups excluding carboxylic acids is 1. The van der Waals surface area contributed by atoms with Gasteiger partial charge in [-0.15, -0.1) is 0 Å². The summed E-state index contributed by atoms with van der Waals surface area (Å²) >= 11 is 2.06. The van der Waals surface area contributed by atoms with Gasteiger partial charge in [0.25, 0.3) is 0 Å².